The van der Waals surface area contributed by atoms with Crippen LogP contribution in [0.5, 0.6) is 0 Å². The molecule has 1 rings (SSSR count). The zero-order valence-corrected chi connectivity index (χ0v) is 5.67. The van der Waals surface area contributed by atoms with Crippen molar-refractivity contribution in [3.8, 4) is 0 Å². The summed E-state index contributed by atoms with van der Waals surface area (Å²) in [5, 5.41) is 17.4. The fourth-order valence-corrected chi connectivity index (χ4v) is 0.693. The van der Waals surface area contributed by atoms with Crippen LogP contribution in [-0.2, 0) is 4.84 Å². The highest BCUT2D eigenvalue weighted by Crippen LogP contribution is 2.12. The average molecular weight is 161 g/mol. The lowest BCUT2D eigenvalue weighted by Crippen LogP contribution is -2.29. The van der Waals surface area contributed by atoms with E-state index in [-0.39, 0.29) is 10.6 Å². The number of allylic oxidation sites excluding steroid dienone is 2. The maximum Gasteiger partial charge on any atom is 0.510 e. The molecule has 3 N–H and O–H groups in total. The van der Waals surface area contributed by atoms with Gasteiger partial charge < -0.3 is 14.9 Å². The van der Waals surface area contributed by atoms with Crippen molar-refractivity contribution in [3.63, 3.8) is 0 Å². The van der Waals surface area contributed by atoms with Crippen molar-refractivity contribution in [2.75, 3.05) is 0 Å². The van der Waals surface area contributed by atoms with Gasteiger partial charge in [0.2, 0.25) is 0 Å². The quantitative estimate of drug-likeness (QED) is 0.454. The Morgan fingerprint density at radius 3 is 2.70 bits per heavy atom. The maximum absolute atomic E-state index is 8.58. The number of hydroxylamine groups is 1. The van der Waals surface area contributed by atoms with E-state index in [4.69, 9.17) is 21.6 Å². The number of hydrogen-bond donors (Lipinski definition) is 3. The molecule has 0 bridgehead atoms. The molecule has 1 heterocycles. The summed E-state index contributed by atoms with van der Waals surface area (Å²) in [5.41, 5.74) is 2.27. The van der Waals surface area contributed by atoms with Gasteiger partial charge in [0.15, 0.2) is 0 Å². The minimum absolute atomic E-state index is 0.0455. The Hall–Kier alpha value is -0.645. The van der Waals surface area contributed by atoms with Crippen molar-refractivity contribution >= 4 is 18.7 Å². The Morgan fingerprint density at radius 2 is 2.30 bits per heavy atom. The first kappa shape index (κ1) is 7.46. The summed E-state index contributed by atoms with van der Waals surface area (Å²) in [6, 6.07) is 0. The van der Waals surface area contributed by atoms with Crippen LogP contribution in [0.15, 0.2) is 23.0 Å². The Balaban J connectivity index is 2.79. The van der Waals surface area contributed by atoms with Crippen molar-refractivity contribution in [1.29, 1.82) is 0 Å². The molecule has 0 saturated carbocycles. The van der Waals surface area contributed by atoms with Gasteiger partial charge in [-0.1, -0.05) is 11.6 Å². The summed E-state index contributed by atoms with van der Waals surface area (Å²) < 4.78 is 0. The zero-order valence-electron chi connectivity index (χ0n) is 4.91. The molecular formula is C4H5BClNO3. The first-order valence-corrected chi connectivity index (χ1v) is 2.93. The smallest absolute Gasteiger partial charge is 0.422 e. The van der Waals surface area contributed by atoms with Gasteiger partial charge in [0.25, 0.3) is 0 Å². The molecule has 0 aromatic heterocycles. The molecule has 0 amide bonds. The van der Waals surface area contributed by atoms with Gasteiger partial charge in [-0.05, 0) is 6.08 Å². The molecular weight excluding hydrogens is 156 g/mol. The van der Waals surface area contributed by atoms with E-state index in [1.807, 2.05) is 0 Å². The first-order chi connectivity index (χ1) is 4.72. The van der Waals surface area contributed by atoms with Crippen molar-refractivity contribution in [3.05, 3.63) is 23.0 Å². The number of halogens is 1. The molecule has 0 aliphatic carbocycles. The van der Waals surface area contributed by atoms with Crippen molar-refractivity contribution in [2.24, 2.45) is 0 Å². The Kier molecular flexibility index (Phi) is 2.21. The fraction of sp³-hybridized carbons (Fsp3) is 0. The van der Waals surface area contributed by atoms with Crippen LogP contribution in [-0.4, -0.2) is 17.2 Å². The molecule has 0 saturated heterocycles. The molecule has 54 valence electrons. The van der Waals surface area contributed by atoms with Gasteiger partial charge in [0.1, 0.15) is 6.26 Å². The van der Waals surface area contributed by atoms with Crippen LogP contribution in [0.2, 0.25) is 0 Å². The molecule has 0 fully saturated rings. The van der Waals surface area contributed by atoms with Crippen molar-refractivity contribution in [1.82, 2.24) is 5.48 Å². The van der Waals surface area contributed by atoms with Crippen LogP contribution in [0.3, 0.4) is 0 Å². The first-order valence-electron chi connectivity index (χ1n) is 2.56. The molecule has 0 aromatic rings. The van der Waals surface area contributed by atoms with E-state index in [0.717, 1.165) is 0 Å². The van der Waals surface area contributed by atoms with Gasteiger partial charge >= 0.3 is 7.12 Å². The molecule has 10 heavy (non-hydrogen) atoms. The van der Waals surface area contributed by atoms with Gasteiger partial charge in [-0.15, -0.1) is 0 Å². The average Bonchev–Trinajstić information content (AvgIpc) is 1.88. The minimum Gasteiger partial charge on any atom is -0.422 e. The molecule has 0 atom stereocenters. The lowest BCUT2D eigenvalue weighted by molar-refractivity contribution is 0.161. The second-order valence-corrected chi connectivity index (χ2v) is 2.07. The summed E-state index contributed by atoms with van der Waals surface area (Å²) in [6.07, 6.45) is 2.71. The molecule has 1 aliphatic heterocycles. The third-order valence-electron chi connectivity index (χ3n) is 0.967. The predicted molar refractivity (Wildman–Crippen MR) is 36.4 cm³/mol. The molecule has 0 spiro atoms. The summed E-state index contributed by atoms with van der Waals surface area (Å²) in [4.78, 5) is 4.52. The van der Waals surface area contributed by atoms with Crippen LogP contribution < -0.4 is 5.48 Å². The lowest BCUT2D eigenvalue weighted by Gasteiger charge is -2.12. The molecule has 0 radical (unpaired) electrons. The van der Waals surface area contributed by atoms with E-state index < -0.39 is 7.12 Å². The van der Waals surface area contributed by atoms with E-state index >= 15 is 0 Å². The Bertz CT molecular complexity index is 191. The highest BCUT2D eigenvalue weighted by atomic mass is 35.5. The SMILES string of the molecule is OB(O)C1=C(Cl)C=CON1. The molecule has 4 nitrogen and oxygen atoms in total. The van der Waals surface area contributed by atoms with E-state index in [0.29, 0.717) is 0 Å². The highest BCUT2D eigenvalue weighted by molar-refractivity contribution is 6.53. The largest absolute Gasteiger partial charge is 0.510 e. The van der Waals surface area contributed by atoms with Crippen LogP contribution in [0.4, 0.5) is 0 Å². The normalized spacial score (nSPS) is 16.3. The maximum atomic E-state index is 8.58. The highest BCUT2D eigenvalue weighted by Gasteiger charge is 2.20. The van der Waals surface area contributed by atoms with E-state index in [9.17, 15) is 0 Å². The van der Waals surface area contributed by atoms with Gasteiger partial charge in [-0.3, -0.25) is 0 Å². The van der Waals surface area contributed by atoms with E-state index in [2.05, 4.69) is 10.3 Å². The van der Waals surface area contributed by atoms with Gasteiger partial charge in [-0.25, -0.2) is 5.48 Å². The van der Waals surface area contributed by atoms with Crippen molar-refractivity contribution < 1.29 is 14.9 Å². The minimum atomic E-state index is -1.63. The standard InChI is InChI=1S/C4H5BClNO3/c6-3-1-2-10-7-4(3)5(8)9/h1-2,7-9H. The van der Waals surface area contributed by atoms with Crippen LogP contribution in [0.25, 0.3) is 0 Å². The third-order valence-corrected chi connectivity index (χ3v) is 1.30. The third kappa shape index (κ3) is 1.44. The molecule has 1 aliphatic rings. The summed E-state index contributed by atoms with van der Waals surface area (Å²) in [6.45, 7) is 0. The van der Waals surface area contributed by atoms with Crippen molar-refractivity contribution in [2.45, 2.75) is 0 Å². The molecule has 0 aromatic carbocycles. The monoisotopic (exact) mass is 161 g/mol. The summed E-state index contributed by atoms with van der Waals surface area (Å²) >= 11 is 5.51. The van der Waals surface area contributed by atoms with Gasteiger partial charge in [-0.2, -0.15) is 0 Å². The second kappa shape index (κ2) is 2.96. The summed E-state index contributed by atoms with van der Waals surface area (Å²) in [5.74, 6) is 0. The van der Waals surface area contributed by atoms with E-state index in [1.165, 1.54) is 12.3 Å². The second-order valence-electron chi connectivity index (χ2n) is 1.66. The summed E-state index contributed by atoms with van der Waals surface area (Å²) in [7, 11) is -1.63. The van der Waals surface area contributed by atoms with Crippen LogP contribution in [0, 0.1) is 0 Å². The predicted octanol–water partition coefficient (Wildman–Crippen LogP) is -0.503. The van der Waals surface area contributed by atoms with Crippen LogP contribution in [0.1, 0.15) is 0 Å². The van der Waals surface area contributed by atoms with E-state index in [1.54, 1.807) is 0 Å². The molecule has 6 heteroatoms. The van der Waals surface area contributed by atoms with Crippen LogP contribution >= 0.6 is 11.6 Å². The molecule has 0 unspecified atom stereocenters. The Labute approximate surface area is 62.9 Å². The zero-order chi connectivity index (χ0) is 7.56. The number of rotatable bonds is 1. The Morgan fingerprint density at radius 1 is 1.60 bits per heavy atom. The number of nitrogens with one attached hydrogen (secondary N) is 1. The van der Waals surface area contributed by atoms with Gasteiger partial charge in [0.05, 0.1) is 10.6 Å². The fourth-order valence-electron chi connectivity index (χ4n) is 0.506. The lowest BCUT2D eigenvalue weighted by atomic mass is 9.86. The topological polar surface area (TPSA) is 61.7 Å². The number of hydrogen-bond acceptors (Lipinski definition) is 4. The van der Waals surface area contributed by atoms with Gasteiger partial charge in [0, 0.05) is 0 Å².